The second-order valence-electron chi connectivity index (χ2n) is 12.6. The molecule has 1 saturated heterocycles. The normalized spacial score (nSPS) is 19.2. The van der Waals surface area contributed by atoms with E-state index in [0.29, 0.717) is 22.7 Å². The first-order valence-corrected chi connectivity index (χ1v) is 15.3. The number of pyridine rings is 1. The van der Waals surface area contributed by atoms with Crippen molar-refractivity contribution < 1.29 is 23.5 Å². The zero-order valence-electron chi connectivity index (χ0n) is 25.0. The molecule has 1 saturated carbocycles. The maximum absolute atomic E-state index is 14.8. The fraction of sp³-hybridized carbons (Fsp3) is 0.484. The number of rotatable bonds is 6. The van der Waals surface area contributed by atoms with Gasteiger partial charge in [0.1, 0.15) is 33.3 Å². The van der Waals surface area contributed by atoms with Crippen LogP contribution in [0.4, 0.5) is 9.18 Å². The van der Waals surface area contributed by atoms with Crippen molar-refractivity contribution >= 4 is 50.0 Å². The molecule has 43 heavy (non-hydrogen) atoms. The molecule has 0 spiro atoms. The predicted molar refractivity (Wildman–Crippen MR) is 165 cm³/mol. The van der Waals surface area contributed by atoms with Gasteiger partial charge in [-0.1, -0.05) is 0 Å². The van der Waals surface area contributed by atoms with Crippen LogP contribution >= 0.6 is 15.9 Å². The summed E-state index contributed by atoms with van der Waals surface area (Å²) in [5.41, 5.74) is 2.83. The van der Waals surface area contributed by atoms with E-state index in [9.17, 15) is 14.0 Å². The summed E-state index contributed by atoms with van der Waals surface area (Å²) in [4.78, 5) is 37.2. The van der Waals surface area contributed by atoms with Crippen molar-refractivity contribution in [2.24, 2.45) is 13.0 Å². The van der Waals surface area contributed by atoms with E-state index in [2.05, 4.69) is 31.9 Å². The molecule has 10 nitrogen and oxygen atoms in total. The molecule has 6 rings (SSSR count). The Hall–Kier alpha value is -3.67. The number of halogens is 2. The number of aryl methyl sites for hydroxylation is 1. The summed E-state index contributed by atoms with van der Waals surface area (Å²) >= 11 is 3.51. The molecule has 4 heterocycles. The molecule has 2 aliphatic rings. The zero-order valence-corrected chi connectivity index (χ0v) is 26.6. The van der Waals surface area contributed by atoms with E-state index < -0.39 is 23.9 Å². The lowest BCUT2D eigenvalue weighted by Crippen LogP contribution is -2.54. The average Bonchev–Trinajstić information content (AvgIpc) is 3.60. The third-order valence-electron chi connectivity index (χ3n) is 7.89. The molecule has 1 N–H and O–H groups in total. The van der Waals surface area contributed by atoms with Crippen molar-refractivity contribution in [3.63, 3.8) is 0 Å². The van der Waals surface area contributed by atoms with Crippen LogP contribution in [0.3, 0.4) is 0 Å². The Morgan fingerprint density at radius 3 is 2.60 bits per heavy atom. The number of likely N-dealkylation sites (tertiary alicyclic amines) is 1. The first-order valence-electron chi connectivity index (χ1n) is 14.5. The molecule has 3 aromatic heterocycles. The van der Waals surface area contributed by atoms with Crippen LogP contribution in [-0.2, 0) is 18.3 Å². The van der Waals surface area contributed by atoms with Crippen LogP contribution in [0.2, 0.25) is 0 Å². The largest absolute Gasteiger partial charge is 0.494 e. The van der Waals surface area contributed by atoms with Crippen molar-refractivity contribution in [2.45, 2.75) is 64.4 Å². The van der Waals surface area contributed by atoms with Crippen molar-refractivity contribution in [3.8, 4) is 17.3 Å². The number of nitrogens with zero attached hydrogens (tertiary/aromatic N) is 5. The highest BCUT2D eigenvalue weighted by molar-refractivity contribution is 9.10. The summed E-state index contributed by atoms with van der Waals surface area (Å²) < 4.78 is 30.9. The zero-order chi connectivity index (χ0) is 30.6. The first kappa shape index (κ1) is 29.4. The van der Waals surface area contributed by atoms with Gasteiger partial charge in [0.2, 0.25) is 0 Å². The van der Waals surface area contributed by atoms with Gasteiger partial charge in [-0.2, -0.15) is 0 Å². The van der Waals surface area contributed by atoms with Gasteiger partial charge in [-0.3, -0.25) is 4.79 Å². The summed E-state index contributed by atoms with van der Waals surface area (Å²) in [5, 5.41) is 3.74. The number of hydrogen-bond donors (Lipinski definition) is 1. The fourth-order valence-electron chi connectivity index (χ4n) is 5.82. The monoisotopic (exact) mass is 654 g/mol. The number of nitrogens with one attached hydrogen (secondary N) is 1. The van der Waals surface area contributed by atoms with Gasteiger partial charge in [0, 0.05) is 37.5 Å². The van der Waals surface area contributed by atoms with Crippen LogP contribution in [-0.4, -0.2) is 74.0 Å². The Kier molecular flexibility index (Phi) is 7.60. The summed E-state index contributed by atoms with van der Waals surface area (Å²) in [6, 6.07) is 8.90. The lowest BCUT2D eigenvalue weighted by Gasteiger charge is -2.35. The molecule has 2 atom stereocenters. The van der Waals surface area contributed by atoms with Crippen LogP contribution in [0.15, 0.2) is 34.9 Å². The number of alkyl carbamates (subject to hydrolysis) is 1. The topological polar surface area (TPSA) is 104 Å². The Morgan fingerprint density at radius 1 is 1.14 bits per heavy atom. The Balaban J connectivity index is 1.34. The van der Waals surface area contributed by atoms with Crippen molar-refractivity contribution in [1.29, 1.82) is 0 Å². The average molecular weight is 656 g/mol. The molecule has 0 bridgehead atoms. The van der Waals surface area contributed by atoms with Crippen molar-refractivity contribution in [2.75, 3.05) is 20.2 Å². The summed E-state index contributed by atoms with van der Waals surface area (Å²) in [6.45, 7) is 6.23. The quantitative estimate of drug-likeness (QED) is 0.262. The Labute approximate surface area is 257 Å². The Morgan fingerprint density at radius 2 is 1.91 bits per heavy atom. The molecular formula is C31H36BrFN6O4. The molecule has 1 aromatic carbocycles. The number of ether oxygens (including phenoxy) is 2. The van der Waals surface area contributed by atoms with Gasteiger partial charge in [0.15, 0.2) is 5.82 Å². The minimum atomic E-state index is -1.29. The van der Waals surface area contributed by atoms with E-state index in [1.54, 1.807) is 40.0 Å². The lowest BCUT2D eigenvalue weighted by atomic mass is 10.0. The number of fused-ring (bicyclic) bond motifs is 2. The number of aromatic nitrogens is 4. The van der Waals surface area contributed by atoms with Crippen LogP contribution < -0.4 is 10.1 Å². The highest BCUT2D eigenvalue weighted by Crippen LogP contribution is 2.38. The highest BCUT2D eigenvalue weighted by atomic mass is 79.9. The minimum absolute atomic E-state index is 0.0665. The first-order chi connectivity index (χ1) is 20.4. The van der Waals surface area contributed by atoms with Gasteiger partial charge >= 0.3 is 6.09 Å². The molecule has 4 aromatic rings. The maximum atomic E-state index is 14.8. The van der Waals surface area contributed by atoms with Gasteiger partial charge in [0.25, 0.3) is 5.91 Å². The second-order valence-corrected chi connectivity index (χ2v) is 13.4. The van der Waals surface area contributed by atoms with E-state index in [0.717, 1.165) is 39.2 Å². The second kappa shape index (κ2) is 11.1. The van der Waals surface area contributed by atoms with Gasteiger partial charge in [-0.25, -0.2) is 19.2 Å². The summed E-state index contributed by atoms with van der Waals surface area (Å²) in [6.07, 6.45) is 0.574. The van der Waals surface area contributed by atoms with E-state index in [1.165, 1.54) is 17.7 Å². The number of methoxy groups -OCH3 is 1. The molecule has 2 fully saturated rings. The number of hydrogen-bond acceptors (Lipinski definition) is 6. The van der Waals surface area contributed by atoms with Gasteiger partial charge in [-0.05, 0) is 85.8 Å². The standard InChI is InChI=1S/C31H36BrFN6O4/c1-31(2,3)43-30(41)34-21-13-20(33)15-38(16-21)29(40)19-10-22-26(24(12-19)42-5)37(4)28(35-22)23-11-18-8-9-25(32)36-27(18)39(23)14-17-6-7-17/h8-12,17,20-21H,6-7,13-16H2,1-5H3,(H,34,41)/t20-,21-/m1/s1. The Bertz CT molecular complexity index is 1720. The molecule has 228 valence electrons. The molecule has 1 aliphatic carbocycles. The van der Waals surface area contributed by atoms with Crippen LogP contribution in [0, 0.1) is 5.92 Å². The smallest absolute Gasteiger partial charge is 0.407 e. The molecule has 2 amide bonds. The van der Waals surface area contributed by atoms with E-state index in [4.69, 9.17) is 19.4 Å². The predicted octanol–water partition coefficient (Wildman–Crippen LogP) is 5.85. The minimum Gasteiger partial charge on any atom is -0.494 e. The van der Waals surface area contributed by atoms with Gasteiger partial charge < -0.3 is 28.8 Å². The van der Waals surface area contributed by atoms with Gasteiger partial charge in [0.05, 0.1) is 30.9 Å². The van der Waals surface area contributed by atoms with Crippen LogP contribution in [0.1, 0.15) is 50.4 Å². The SMILES string of the molecule is COc1cc(C(=O)N2C[C@H](F)C[C@@H](NC(=O)OC(C)(C)C)C2)cc2nc(-c3cc4ccc(Br)nc4n3CC3CC3)n(C)c12. The van der Waals surface area contributed by atoms with Gasteiger partial charge in [-0.15, -0.1) is 0 Å². The van der Waals surface area contributed by atoms with Crippen molar-refractivity contribution in [3.05, 3.63) is 40.5 Å². The van der Waals surface area contributed by atoms with Crippen molar-refractivity contribution in [1.82, 2.24) is 29.3 Å². The molecule has 1 aliphatic heterocycles. The molecular weight excluding hydrogens is 619 g/mol. The van der Waals surface area contributed by atoms with E-state index >= 15 is 0 Å². The van der Waals surface area contributed by atoms with Crippen LogP contribution in [0.25, 0.3) is 33.6 Å². The number of carbonyl (C=O) groups is 2. The number of benzene rings is 1. The number of amides is 2. The highest BCUT2D eigenvalue weighted by Gasteiger charge is 2.33. The fourth-order valence-corrected chi connectivity index (χ4v) is 6.12. The van der Waals surface area contributed by atoms with E-state index in [1.807, 2.05) is 23.7 Å². The molecule has 0 unspecified atom stereocenters. The third kappa shape index (κ3) is 6.07. The number of piperidine rings is 1. The molecule has 12 heteroatoms. The summed E-state index contributed by atoms with van der Waals surface area (Å²) in [5.74, 6) is 1.48. The number of carbonyl (C=O) groups excluding carboxylic acids is 2. The number of imidazole rings is 1. The van der Waals surface area contributed by atoms with Crippen LogP contribution in [0.5, 0.6) is 5.75 Å². The number of alkyl halides is 1. The maximum Gasteiger partial charge on any atom is 0.407 e. The lowest BCUT2D eigenvalue weighted by molar-refractivity contribution is 0.0394. The van der Waals surface area contributed by atoms with E-state index in [-0.39, 0.29) is 25.4 Å². The third-order valence-corrected chi connectivity index (χ3v) is 8.33. The summed E-state index contributed by atoms with van der Waals surface area (Å²) in [7, 11) is 3.49. The molecule has 0 radical (unpaired) electrons.